The first-order valence-corrected chi connectivity index (χ1v) is 4.99. The number of aliphatic hydroxyl groups is 1. The molecule has 1 aromatic heterocycles. The third-order valence-corrected chi connectivity index (χ3v) is 2.41. The highest BCUT2D eigenvalue weighted by molar-refractivity contribution is 7.09. The topological polar surface area (TPSA) is 99.5 Å². The van der Waals surface area contributed by atoms with E-state index in [1.807, 2.05) is 0 Å². The molecule has 1 rings (SSSR count). The average molecular weight is 230 g/mol. The first-order valence-electron chi connectivity index (χ1n) is 4.11. The largest absolute Gasteiger partial charge is 0.480 e. The summed E-state index contributed by atoms with van der Waals surface area (Å²) in [6, 6.07) is -1.29. The van der Waals surface area contributed by atoms with Crippen LogP contribution in [0.4, 0.5) is 0 Å². The number of thiazole rings is 1. The van der Waals surface area contributed by atoms with Crippen LogP contribution in [0.1, 0.15) is 15.5 Å². The average Bonchev–Trinajstić information content (AvgIpc) is 2.60. The van der Waals surface area contributed by atoms with E-state index in [0.29, 0.717) is 0 Å². The predicted octanol–water partition coefficient (Wildman–Crippen LogP) is -0.373. The van der Waals surface area contributed by atoms with E-state index in [1.165, 1.54) is 16.7 Å². The summed E-state index contributed by atoms with van der Waals surface area (Å²) in [4.78, 5) is 25.8. The third kappa shape index (κ3) is 3.00. The van der Waals surface area contributed by atoms with Gasteiger partial charge in [-0.3, -0.25) is 4.79 Å². The lowest BCUT2D eigenvalue weighted by atomic mass is 10.3. The standard InChI is InChI=1S/C8H10N2O4S/c1-4-9-6(3-15-4)7(12)10-5(2-11)8(13)14/h3,5,11H,2H2,1H3,(H,10,12)(H,13,14). The Morgan fingerprint density at radius 3 is 2.73 bits per heavy atom. The molecule has 1 heterocycles. The lowest BCUT2D eigenvalue weighted by Gasteiger charge is -2.09. The molecule has 0 aliphatic heterocycles. The van der Waals surface area contributed by atoms with Gasteiger partial charge >= 0.3 is 5.97 Å². The Morgan fingerprint density at radius 2 is 2.33 bits per heavy atom. The number of rotatable bonds is 4. The number of aliphatic hydroxyl groups excluding tert-OH is 1. The van der Waals surface area contributed by atoms with Crippen LogP contribution in [-0.2, 0) is 4.79 Å². The van der Waals surface area contributed by atoms with Crippen molar-refractivity contribution in [3.8, 4) is 0 Å². The minimum atomic E-state index is -1.29. The van der Waals surface area contributed by atoms with E-state index in [4.69, 9.17) is 10.2 Å². The third-order valence-electron chi connectivity index (χ3n) is 1.64. The molecule has 0 spiro atoms. The second-order valence-electron chi connectivity index (χ2n) is 2.80. The molecule has 1 unspecified atom stereocenters. The lowest BCUT2D eigenvalue weighted by Crippen LogP contribution is -2.43. The molecule has 0 bridgehead atoms. The number of carbonyl (C=O) groups is 2. The van der Waals surface area contributed by atoms with E-state index in [0.717, 1.165) is 5.01 Å². The number of amides is 1. The first kappa shape index (κ1) is 11.6. The molecule has 7 heteroatoms. The molecule has 15 heavy (non-hydrogen) atoms. The van der Waals surface area contributed by atoms with Crippen LogP contribution in [0.5, 0.6) is 0 Å². The molecule has 0 radical (unpaired) electrons. The molecular formula is C8H10N2O4S. The van der Waals surface area contributed by atoms with Gasteiger partial charge in [-0.2, -0.15) is 0 Å². The van der Waals surface area contributed by atoms with Gasteiger partial charge in [-0.15, -0.1) is 11.3 Å². The zero-order valence-corrected chi connectivity index (χ0v) is 8.74. The smallest absolute Gasteiger partial charge is 0.328 e. The molecule has 6 nitrogen and oxygen atoms in total. The van der Waals surface area contributed by atoms with Crippen LogP contribution in [0.3, 0.4) is 0 Å². The molecule has 0 fully saturated rings. The number of nitrogens with zero attached hydrogens (tertiary/aromatic N) is 1. The van der Waals surface area contributed by atoms with Crippen molar-refractivity contribution in [1.82, 2.24) is 10.3 Å². The van der Waals surface area contributed by atoms with Crippen molar-refractivity contribution in [1.29, 1.82) is 0 Å². The normalized spacial score (nSPS) is 12.1. The first-order chi connectivity index (χ1) is 7.04. The van der Waals surface area contributed by atoms with Gasteiger partial charge in [-0.1, -0.05) is 0 Å². The van der Waals surface area contributed by atoms with Crippen molar-refractivity contribution in [2.45, 2.75) is 13.0 Å². The molecule has 0 aliphatic carbocycles. The van der Waals surface area contributed by atoms with E-state index < -0.39 is 24.5 Å². The summed E-state index contributed by atoms with van der Waals surface area (Å²) in [5.41, 5.74) is 0.164. The van der Waals surface area contributed by atoms with Gasteiger partial charge in [0.25, 0.3) is 5.91 Å². The Balaban J connectivity index is 2.66. The number of aryl methyl sites for hydroxylation is 1. The second kappa shape index (κ2) is 4.85. The maximum atomic E-state index is 11.4. The van der Waals surface area contributed by atoms with Crippen LogP contribution in [-0.4, -0.2) is 39.7 Å². The number of aromatic nitrogens is 1. The molecule has 0 saturated heterocycles. The van der Waals surface area contributed by atoms with Crippen LogP contribution in [0.25, 0.3) is 0 Å². The van der Waals surface area contributed by atoms with Crippen LogP contribution in [0.15, 0.2) is 5.38 Å². The van der Waals surface area contributed by atoms with Gasteiger partial charge in [0, 0.05) is 5.38 Å². The van der Waals surface area contributed by atoms with Crippen LogP contribution in [0.2, 0.25) is 0 Å². The van der Waals surface area contributed by atoms with Crippen molar-refractivity contribution in [2.75, 3.05) is 6.61 Å². The molecule has 82 valence electrons. The second-order valence-corrected chi connectivity index (χ2v) is 3.86. The number of carboxylic acids is 1. The quantitative estimate of drug-likeness (QED) is 0.655. The molecule has 0 aliphatic rings. The van der Waals surface area contributed by atoms with Crippen molar-refractivity contribution < 1.29 is 19.8 Å². The van der Waals surface area contributed by atoms with E-state index in [9.17, 15) is 9.59 Å². The number of hydrogen-bond donors (Lipinski definition) is 3. The summed E-state index contributed by atoms with van der Waals surface area (Å²) in [5.74, 6) is -1.88. The Hall–Kier alpha value is -1.47. The summed E-state index contributed by atoms with van der Waals surface area (Å²) < 4.78 is 0. The van der Waals surface area contributed by atoms with Crippen LogP contribution < -0.4 is 5.32 Å². The fraction of sp³-hybridized carbons (Fsp3) is 0.375. The minimum Gasteiger partial charge on any atom is -0.480 e. The van der Waals surface area contributed by atoms with Crippen LogP contribution >= 0.6 is 11.3 Å². The van der Waals surface area contributed by atoms with E-state index >= 15 is 0 Å². The van der Waals surface area contributed by atoms with Gasteiger partial charge in [0.2, 0.25) is 0 Å². The molecule has 1 aromatic rings. The van der Waals surface area contributed by atoms with E-state index in [2.05, 4.69) is 10.3 Å². The Labute approximate surface area is 89.6 Å². The zero-order valence-electron chi connectivity index (χ0n) is 7.93. The van der Waals surface area contributed by atoms with Crippen molar-refractivity contribution in [3.63, 3.8) is 0 Å². The monoisotopic (exact) mass is 230 g/mol. The van der Waals surface area contributed by atoms with E-state index in [-0.39, 0.29) is 5.69 Å². The number of carbonyl (C=O) groups excluding carboxylic acids is 1. The van der Waals surface area contributed by atoms with E-state index in [1.54, 1.807) is 6.92 Å². The summed E-state index contributed by atoms with van der Waals surface area (Å²) in [6.45, 7) is 1.09. The lowest BCUT2D eigenvalue weighted by molar-refractivity contribution is -0.140. The highest BCUT2D eigenvalue weighted by atomic mass is 32.1. The van der Waals surface area contributed by atoms with Gasteiger partial charge in [0.15, 0.2) is 6.04 Å². The summed E-state index contributed by atoms with van der Waals surface area (Å²) in [5, 5.41) is 21.7. The van der Waals surface area contributed by atoms with Gasteiger partial charge in [-0.05, 0) is 6.92 Å². The fourth-order valence-electron chi connectivity index (χ4n) is 0.885. The number of carboxylic acid groups (broad SMARTS) is 1. The van der Waals surface area contributed by atoms with Gasteiger partial charge < -0.3 is 15.5 Å². The number of hydrogen-bond acceptors (Lipinski definition) is 5. The highest BCUT2D eigenvalue weighted by Gasteiger charge is 2.20. The Bertz CT molecular complexity index is 376. The van der Waals surface area contributed by atoms with Gasteiger partial charge in [0.05, 0.1) is 11.6 Å². The van der Waals surface area contributed by atoms with Crippen molar-refractivity contribution >= 4 is 23.2 Å². The zero-order chi connectivity index (χ0) is 11.4. The summed E-state index contributed by atoms with van der Waals surface area (Å²) in [7, 11) is 0. The molecule has 1 atom stereocenters. The summed E-state index contributed by atoms with van der Waals surface area (Å²) >= 11 is 1.29. The fourth-order valence-corrected chi connectivity index (χ4v) is 1.48. The maximum Gasteiger partial charge on any atom is 0.328 e. The number of nitrogens with one attached hydrogen (secondary N) is 1. The van der Waals surface area contributed by atoms with Crippen molar-refractivity contribution in [3.05, 3.63) is 16.1 Å². The van der Waals surface area contributed by atoms with Gasteiger partial charge in [0.1, 0.15) is 5.69 Å². The Kier molecular flexibility index (Phi) is 3.75. The molecule has 1 amide bonds. The molecule has 3 N–H and O–H groups in total. The molecule has 0 saturated carbocycles. The van der Waals surface area contributed by atoms with Crippen LogP contribution in [0, 0.1) is 6.92 Å². The SMILES string of the molecule is Cc1nc(C(=O)NC(CO)C(=O)O)cs1. The minimum absolute atomic E-state index is 0.164. The molecular weight excluding hydrogens is 220 g/mol. The maximum absolute atomic E-state index is 11.4. The molecule has 0 aromatic carbocycles. The Morgan fingerprint density at radius 1 is 1.67 bits per heavy atom. The predicted molar refractivity (Wildman–Crippen MR) is 52.8 cm³/mol. The number of aliphatic carboxylic acids is 1. The van der Waals surface area contributed by atoms with Gasteiger partial charge in [-0.25, -0.2) is 9.78 Å². The highest BCUT2D eigenvalue weighted by Crippen LogP contribution is 2.07. The summed E-state index contributed by atoms with van der Waals surface area (Å²) in [6.07, 6.45) is 0. The van der Waals surface area contributed by atoms with Crippen molar-refractivity contribution in [2.24, 2.45) is 0 Å².